The van der Waals surface area contributed by atoms with Crippen LogP contribution in [0.5, 0.6) is 0 Å². The molecule has 0 spiro atoms. The third-order valence-corrected chi connectivity index (χ3v) is 3.20. The van der Waals surface area contributed by atoms with E-state index < -0.39 is 11.6 Å². The van der Waals surface area contributed by atoms with Crippen molar-refractivity contribution in [3.63, 3.8) is 0 Å². The van der Waals surface area contributed by atoms with E-state index in [1.165, 1.54) is 7.11 Å². The Bertz CT molecular complexity index is 359. The van der Waals surface area contributed by atoms with Crippen molar-refractivity contribution in [2.45, 2.75) is 32.4 Å². The van der Waals surface area contributed by atoms with Crippen LogP contribution in [0.1, 0.15) is 20.8 Å². The summed E-state index contributed by atoms with van der Waals surface area (Å²) < 4.78 is 15.2. The van der Waals surface area contributed by atoms with Gasteiger partial charge in [-0.15, -0.1) is 0 Å². The lowest BCUT2D eigenvalue weighted by Gasteiger charge is -2.38. The van der Waals surface area contributed by atoms with Crippen LogP contribution in [0.3, 0.4) is 0 Å². The van der Waals surface area contributed by atoms with Crippen LogP contribution in [0.2, 0.25) is 0 Å². The SMILES string of the molecule is COCC(C(=O)OC)N1CCN(C(=O)OC(C)(C)C)CC1. The van der Waals surface area contributed by atoms with Gasteiger partial charge in [0.25, 0.3) is 0 Å². The lowest BCUT2D eigenvalue weighted by molar-refractivity contribution is -0.149. The van der Waals surface area contributed by atoms with E-state index in [-0.39, 0.29) is 18.7 Å². The Kier molecular flexibility index (Phi) is 6.42. The molecule has 1 rings (SSSR count). The fourth-order valence-corrected chi connectivity index (χ4v) is 2.16. The molecule has 1 amide bonds. The van der Waals surface area contributed by atoms with Gasteiger partial charge in [-0.1, -0.05) is 0 Å². The Morgan fingerprint density at radius 1 is 1.10 bits per heavy atom. The molecule has 1 aliphatic rings. The molecule has 7 nitrogen and oxygen atoms in total. The summed E-state index contributed by atoms with van der Waals surface area (Å²) in [4.78, 5) is 27.4. The second-order valence-corrected chi connectivity index (χ2v) is 6.00. The minimum absolute atomic E-state index is 0.277. The number of methoxy groups -OCH3 is 2. The summed E-state index contributed by atoms with van der Waals surface area (Å²) in [6, 6.07) is -0.430. The highest BCUT2D eigenvalue weighted by atomic mass is 16.6. The Morgan fingerprint density at radius 3 is 2.10 bits per heavy atom. The van der Waals surface area contributed by atoms with Gasteiger partial charge in [0.05, 0.1) is 13.7 Å². The number of esters is 1. The molecule has 0 aliphatic carbocycles. The summed E-state index contributed by atoms with van der Waals surface area (Å²) >= 11 is 0. The van der Waals surface area contributed by atoms with Crippen LogP contribution in [0.4, 0.5) is 4.79 Å². The number of carbonyl (C=O) groups is 2. The first kappa shape index (κ1) is 17.7. The lowest BCUT2D eigenvalue weighted by Crippen LogP contribution is -2.56. The van der Waals surface area contributed by atoms with Crippen molar-refractivity contribution < 1.29 is 23.8 Å². The molecular weight excluding hydrogens is 276 g/mol. The summed E-state index contributed by atoms with van der Waals surface area (Å²) in [5.41, 5.74) is -0.501. The minimum atomic E-state index is -0.501. The molecule has 1 atom stereocenters. The van der Waals surface area contributed by atoms with E-state index in [0.717, 1.165) is 0 Å². The van der Waals surface area contributed by atoms with Gasteiger partial charge in [0.1, 0.15) is 11.6 Å². The fraction of sp³-hybridized carbons (Fsp3) is 0.857. The zero-order valence-electron chi connectivity index (χ0n) is 13.5. The predicted molar refractivity (Wildman–Crippen MR) is 77.1 cm³/mol. The maximum absolute atomic E-state index is 12.0. The highest BCUT2D eigenvalue weighted by Crippen LogP contribution is 2.13. The molecule has 1 aliphatic heterocycles. The lowest BCUT2D eigenvalue weighted by atomic mass is 10.2. The molecule has 0 bridgehead atoms. The van der Waals surface area contributed by atoms with Gasteiger partial charge in [-0.25, -0.2) is 4.79 Å². The summed E-state index contributed by atoms with van der Waals surface area (Å²) in [7, 11) is 2.91. The molecule has 1 heterocycles. The van der Waals surface area contributed by atoms with Gasteiger partial charge in [-0.2, -0.15) is 0 Å². The van der Waals surface area contributed by atoms with E-state index in [2.05, 4.69) is 0 Å². The number of hydrogen-bond acceptors (Lipinski definition) is 6. The van der Waals surface area contributed by atoms with Gasteiger partial charge in [0, 0.05) is 33.3 Å². The topological polar surface area (TPSA) is 68.3 Å². The van der Waals surface area contributed by atoms with Crippen LogP contribution in [-0.4, -0.2) is 80.5 Å². The van der Waals surface area contributed by atoms with Gasteiger partial charge in [0.15, 0.2) is 0 Å². The number of hydrogen-bond donors (Lipinski definition) is 0. The van der Waals surface area contributed by atoms with Crippen LogP contribution in [-0.2, 0) is 19.0 Å². The highest BCUT2D eigenvalue weighted by Gasteiger charge is 2.32. The Hall–Kier alpha value is -1.34. The standard InChI is InChI=1S/C14H26N2O5/c1-14(2,3)21-13(18)16-8-6-15(7-9-16)11(10-19-4)12(17)20-5/h11H,6-10H2,1-5H3. The first-order valence-electron chi connectivity index (χ1n) is 7.07. The molecule has 21 heavy (non-hydrogen) atoms. The molecule has 0 saturated carbocycles. The van der Waals surface area contributed by atoms with Gasteiger partial charge in [-0.3, -0.25) is 9.69 Å². The van der Waals surface area contributed by atoms with E-state index in [9.17, 15) is 9.59 Å². The molecule has 0 N–H and O–H groups in total. The van der Waals surface area contributed by atoms with Crippen LogP contribution >= 0.6 is 0 Å². The van der Waals surface area contributed by atoms with Crippen molar-refractivity contribution in [1.82, 2.24) is 9.80 Å². The summed E-state index contributed by atoms with van der Waals surface area (Å²) in [5.74, 6) is -0.317. The predicted octanol–water partition coefficient (Wildman–Crippen LogP) is 0.727. The van der Waals surface area contributed by atoms with Crippen LogP contribution in [0, 0.1) is 0 Å². The first-order valence-corrected chi connectivity index (χ1v) is 7.07. The average Bonchev–Trinajstić information content (AvgIpc) is 2.42. The smallest absolute Gasteiger partial charge is 0.410 e. The Balaban J connectivity index is 2.54. The van der Waals surface area contributed by atoms with Crippen molar-refractivity contribution in [3.8, 4) is 0 Å². The molecule has 1 unspecified atom stereocenters. The van der Waals surface area contributed by atoms with E-state index in [1.54, 1.807) is 12.0 Å². The van der Waals surface area contributed by atoms with Gasteiger partial charge < -0.3 is 19.1 Å². The number of ether oxygens (including phenoxy) is 3. The largest absolute Gasteiger partial charge is 0.468 e. The molecule has 0 aromatic heterocycles. The van der Waals surface area contributed by atoms with Crippen LogP contribution in [0.25, 0.3) is 0 Å². The second-order valence-electron chi connectivity index (χ2n) is 6.00. The Labute approximate surface area is 126 Å². The molecule has 0 aromatic carbocycles. The van der Waals surface area contributed by atoms with E-state index in [1.807, 2.05) is 25.7 Å². The van der Waals surface area contributed by atoms with Crippen molar-refractivity contribution in [2.24, 2.45) is 0 Å². The van der Waals surface area contributed by atoms with Crippen molar-refractivity contribution in [1.29, 1.82) is 0 Å². The molecule has 7 heteroatoms. The van der Waals surface area contributed by atoms with Gasteiger partial charge in [0.2, 0.25) is 0 Å². The minimum Gasteiger partial charge on any atom is -0.468 e. The highest BCUT2D eigenvalue weighted by molar-refractivity contribution is 5.76. The molecule has 1 fully saturated rings. The van der Waals surface area contributed by atoms with Gasteiger partial charge in [-0.05, 0) is 20.8 Å². The monoisotopic (exact) mass is 302 g/mol. The molecule has 1 saturated heterocycles. The van der Waals surface area contributed by atoms with E-state index >= 15 is 0 Å². The molecule has 0 aromatic rings. The number of nitrogens with zero attached hydrogens (tertiary/aromatic N) is 2. The number of piperazine rings is 1. The number of carbonyl (C=O) groups excluding carboxylic acids is 2. The Morgan fingerprint density at radius 2 is 1.67 bits per heavy atom. The second kappa shape index (κ2) is 7.61. The molecule has 0 radical (unpaired) electrons. The zero-order chi connectivity index (χ0) is 16.0. The summed E-state index contributed by atoms with van der Waals surface area (Å²) in [5, 5.41) is 0. The fourth-order valence-electron chi connectivity index (χ4n) is 2.16. The molecule has 122 valence electrons. The maximum Gasteiger partial charge on any atom is 0.410 e. The van der Waals surface area contributed by atoms with Crippen LogP contribution < -0.4 is 0 Å². The van der Waals surface area contributed by atoms with Gasteiger partial charge >= 0.3 is 12.1 Å². The van der Waals surface area contributed by atoms with Crippen LogP contribution in [0.15, 0.2) is 0 Å². The van der Waals surface area contributed by atoms with Crippen molar-refractivity contribution in [2.75, 3.05) is 47.0 Å². The van der Waals surface area contributed by atoms with Crippen molar-refractivity contribution in [3.05, 3.63) is 0 Å². The number of rotatable bonds is 4. The molecular formula is C14H26N2O5. The van der Waals surface area contributed by atoms with E-state index in [4.69, 9.17) is 14.2 Å². The summed E-state index contributed by atoms with van der Waals surface area (Å²) in [6.07, 6.45) is -0.316. The summed E-state index contributed by atoms with van der Waals surface area (Å²) in [6.45, 7) is 8.01. The first-order chi connectivity index (χ1) is 9.78. The zero-order valence-corrected chi connectivity index (χ0v) is 13.5. The average molecular weight is 302 g/mol. The maximum atomic E-state index is 12.0. The third-order valence-electron chi connectivity index (χ3n) is 3.20. The quantitative estimate of drug-likeness (QED) is 0.713. The third kappa shape index (κ3) is 5.51. The normalized spacial score (nSPS) is 18.2. The van der Waals surface area contributed by atoms with E-state index in [0.29, 0.717) is 26.2 Å². The number of amides is 1. The van der Waals surface area contributed by atoms with Crippen molar-refractivity contribution >= 4 is 12.1 Å².